The molecule has 0 radical (unpaired) electrons. The van der Waals surface area contributed by atoms with Gasteiger partial charge in [0.1, 0.15) is 18.7 Å². The van der Waals surface area contributed by atoms with Crippen LogP contribution >= 0.6 is 24.0 Å². The van der Waals surface area contributed by atoms with Gasteiger partial charge in [0, 0.05) is 25.6 Å². The molecular formula is C18H27IN6. The molecule has 6 nitrogen and oxygen atoms in total. The van der Waals surface area contributed by atoms with E-state index in [1.165, 1.54) is 24.0 Å². The number of benzene rings is 1. The first-order valence-corrected chi connectivity index (χ1v) is 8.56. The first kappa shape index (κ1) is 19.7. The van der Waals surface area contributed by atoms with Gasteiger partial charge in [0.15, 0.2) is 5.96 Å². The molecule has 0 spiro atoms. The SMILES string of the molecule is CCNC(=NCc1ncnn1C)NCC1(c2ccccc2C)CC1.I. The second-order valence-electron chi connectivity index (χ2n) is 6.44. The highest BCUT2D eigenvalue weighted by molar-refractivity contribution is 14.0. The Bertz CT molecular complexity index is 720. The van der Waals surface area contributed by atoms with E-state index in [4.69, 9.17) is 0 Å². The zero-order chi connectivity index (χ0) is 17.0. The van der Waals surface area contributed by atoms with Crippen LogP contribution in [0.15, 0.2) is 35.6 Å². The molecule has 0 aliphatic heterocycles. The second-order valence-corrected chi connectivity index (χ2v) is 6.44. The number of guanidine groups is 1. The molecule has 1 aromatic heterocycles. The Morgan fingerprint density at radius 2 is 2.04 bits per heavy atom. The fraction of sp³-hybridized carbons (Fsp3) is 0.500. The van der Waals surface area contributed by atoms with Gasteiger partial charge in [-0.05, 0) is 37.8 Å². The maximum Gasteiger partial charge on any atom is 0.191 e. The zero-order valence-corrected chi connectivity index (χ0v) is 17.4. The molecule has 136 valence electrons. The lowest BCUT2D eigenvalue weighted by Gasteiger charge is -2.20. The van der Waals surface area contributed by atoms with Gasteiger partial charge in [0.05, 0.1) is 0 Å². The number of aryl methyl sites for hydroxylation is 2. The van der Waals surface area contributed by atoms with Crippen molar-refractivity contribution in [1.82, 2.24) is 25.4 Å². The summed E-state index contributed by atoms with van der Waals surface area (Å²) < 4.78 is 1.75. The Balaban J connectivity index is 0.00000225. The number of aliphatic imine (C=N–C) groups is 1. The van der Waals surface area contributed by atoms with Gasteiger partial charge in [-0.1, -0.05) is 24.3 Å². The molecule has 25 heavy (non-hydrogen) atoms. The van der Waals surface area contributed by atoms with Crippen LogP contribution in [-0.2, 0) is 19.0 Å². The maximum absolute atomic E-state index is 4.63. The van der Waals surface area contributed by atoms with Crippen LogP contribution in [0.3, 0.4) is 0 Å². The summed E-state index contributed by atoms with van der Waals surface area (Å²) in [5.74, 6) is 1.69. The smallest absolute Gasteiger partial charge is 0.191 e. The maximum atomic E-state index is 4.63. The van der Waals surface area contributed by atoms with Crippen molar-refractivity contribution in [3.8, 4) is 0 Å². The normalized spacial score (nSPS) is 15.4. The van der Waals surface area contributed by atoms with Crippen molar-refractivity contribution in [3.63, 3.8) is 0 Å². The highest BCUT2D eigenvalue weighted by Gasteiger charge is 2.44. The number of nitrogens with one attached hydrogen (secondary N) is 2. The molecule has 7 heteroatoms. The van der Waals surface area contributed by atoms with E-state index >= 15 is 0 Å². The summed E-state index contributed by atoms with van der Waals surface area (Å²) in [6.45, 7) is 6.53. The van der Waals surface area contributed by atoms with Crippen LogP contribution in [0.25, 0.3) is 0 Å². The highest BCUT2D eigenvalue weighted by atomic mass is 127. The number of aromatic nitrogens is 3. The van der Waals surface area contributed by atoms with E-state index in [1.54, 1.807) is 11.0 Å². The zero-order valence-electron chi connectivity index (χ0n) is 15.1. The van der Waals surface area contributed by atoms with Crippen molar-refractivity contribution < 1.29 is 0 Å². The average Bonchev–Trinajstić information content (AvgIpc) is 3.26. The standard InChI is InChI=1S/C18H26N6.HI/c1-4-19-17(20-11-16-22-13-23-24(16)3)21-12-18(9-10-18)15-8-6-5-7-14(15)2;/h5-8,13H,4,9-12H2,1-3H3,(H2,19,20,21);1H. The minimum absolute atomic E-state index is 0. The van der Waals surface area contributed by atoms with E-state index in [1.807, 2.05) is 7.05 Å². The van der Waals surface area contributed by atoms with E-state index in [2.05, 4.69) is 63.8 Å². The Morgan fingerprint density at radius 1 is 1.28 bits per heavy atom. The summed E-state index contributed by atoms with van der Waals surface area (Å²) in [6, 6.07) is 8.70. The predicted molar refractivity (Wildman–Crippen MR) is 111 cm³/mol. The summed E-state index contributed by atoms with van der Waals surface area (Å²) in [6.07, 6.45) is 4.02. The molecule has 1 fully saturated rings. The Labute approximate surface area is 166 Å². The molecule has 0 amide bonds. The molecule has 0 saturated heterocycles. The number of rotatable bonds is 6. The van der Waals surface area contributed by atoms with Crippen LogP contribution in [0.4, 0.5) is 0 Å². The minimum atomic E-state index is 0. The number of halogens is 1. The van der Waals surface area contributed by atoms with E-state index in [-0.39, 0.29) is 29.4 Å². The number of hydrogen-bond donors (Lipinski definition) is 2. The molecule has 0 atom stereocenters. The van der Waals surface area contributed by atoms with E-state index in [0.29, 0.717) is 6.54 Å². The van der Waals surface area contributed by atoms with E-state index < -0.39 is 0 Å². The van der Waals surface area contributed by atoms with Gasteiger partial charge in [-0.3, -0.25) is 4.68 Å². The minimum Gasteiger partial charge on any atom is -0.357 e. The Hall–Kier alpha value is -1.64. The van der Waals surface area contributed by atoms with Crippen molar-refractivity contribution in [2.24, 2.45) is 12.0 Å². The first-order chi connectivity index (χ1) is 11.6. The Morgan fingerprint density at radius 3 is 2.64 bits per heavy atom. The van der Waals surface area contributed by atoms with Crippen LogP contribution < -0.4 is 10.6 Å². The average molecular weight is 454 g/mol. The van der Waals surface area contributed by atoms with Gasteiger partial charge in [0.2, 0.25) is 0 Å². The molecule has 3 rings (SSSR count). The highest BCUT2D eigenvalue weighted by Crippen LogP contribution is 2.48. The molecule has 1 aromatic carbocycles. The fourth-order valence-electron chi connectivity index (χ4n) is 3.07. The largest absolute Gasteiger partial charge is 0.357 e. The van der Waals surface area contributed by atoms with E-state index in [0.717, 1.165) is 24.9 Å². The Kier molecular flexibility index (Phi) is 6.80. The monoisotopic (exact) mass is 454 g/mol. The van der Waals surface area contributed by atoms with Crippen LogP contribution in [0.2, 0.25) is 0 Å². The summed E-state index contributed by atoms with van der Waals surface area (Å²) in [5.41, 5.74) is 3.09. The van der Waals surface area contributed by atoms with Crippen LogP contribution in [0.1, 0.15) is 36.7 Å². The molecule has 1 heterocycles. The third-order valence-electron chi connectivity index (χ3n) is 4.69. The summed E-state index contributed by atoms with van der Waals surface area (Å²) in [5, 5.41) is 10.9. The summed E-state index contributed by atoms with van der Waals surface area (Å²) >= 11 is 0. The van der Waals surface area contributed by atoms with Gasteiger partial charge in [-0.25, -0.2) is 9.98 Å². The van der Waals surface area contributed by atoms with Gasteiger partial charge >= 0.3 is 0 Å². The second kappa shape index (κ2) is 8.64. The summed E-state index contributed by atoms with van der Waals surface area (Å²) in [7, 11) is 1.88. The van der Waals surface area contributed by atoms with Crippen molar-refractivity contribution in [1.29, 1.82) is 0 Å². The van der Waals surface area contributed by atoms with Gasteiger partial charge in [-0.2, -0.15) is 5.10 Å². The molecule has 2 aromatic rings. The fourth-order valence-corrected chi connectivity index (χ4v) is 3.07. The van der Waals surface area contributed by atoms with Crippen LogP contribution in [0, 0.1) is 6.92 Å². The van der Waals surface area contributed by atoms with Crippen molar-refractivity contribution in [3.05, 3.63) is 47.5 Å². The van der Waals surface area contributed by atoms with Gasteiger partial charge in [0.25, 0.3) is 0 Å². The molecule has 0 bridgehead atoms. The lowest BCUT2D eigenvalue weighted by molar-refractivity contribution is 0.639. The van der Waals surface area contributed by atoms with Gasteiger partial charge < -0.3 is 10.6 Å². The van der Waals surface area contributed by atoms with Crippen LogP contribution in [-0.4, -0.2) is 33.8 Å². The first-order valence-electron chi connectivity index (χ1n) is 8.56. The summed E-state index contributed by atoms with van der Waals surface area (Å²) in [4.78, 5) is 8.85. The van der Waals surface area contributed by atoms with Crippen molar-refractivity contribution >= 4 is 29.9 Å². The van der Waals surface area contributed by atoms with E-state index in [9.17, 15) is 0 Å². The third-order valence-corrected chi connectivity index (χ3v) is 4.69. The molecule has 2 N–H and O–H groups in total. The van der Waals surface area contributed by atoms with Gasteiger partial charge in [-0.15, -0.1) is 24.0 Å². The molecule has 1 saturated carbocycles. The number of hydrogen-bond acceptors (Lipinski definition) is 3. The van der Waals surface area contributed by atoms with Crippen molar-refractivity contribution in [2.75, 3.05) is 13.1 Å². The molecule has 0 unspecified atom stereocenters. The molecule has 1 aliphatic carbocycles. The number of nitrogens with zero attached hydrogens (tertiary/aromatic N) is 4. The quantitative estimate of drug-likeness (QED) is 0.400. The predicted octanol–water partition coefficient (Wildman–Crippen LogP) is 2.53. The third kappa shape index (κ3) is 4.71. The molecular weight excluding hydrogens is 427 g/mol. The molecule has 1 aliphatic rings. The lowest BCUT2D eigenvalue weighted by Crippen LogP contribution is -2.41. The van der Waals surface area contributed by atoms with Crippen LogP contribution in [0.5, 0.6) is 0 Å². The van der Waals surface area contributed by atoms with Crippen molar-refractivity contribution in [2.45, 2.75) is 38.6 Å². The topological polar surface area (TPSA) is 67.1 Å². The lowest BCUT2D eigenvalue weighted by atomic mass is 9.92.